The highest BCUT2D eigenvalue weighted by Crippen LogP contribution is 2.08. The molecule has 86 valence electrons. The minimum Gasteiger partial charge on any atom is -0.479 e. The van der Waals surface area contributed by atoms with Gasteiger partial charge in [0.2, 0.25) is 0 Å². The number of pyridine rings is 1. The molecule has 1 unspecified atom stereocenters. The fourth-order valence-corrected chi connectivity index (χ4v) is 0.950. The van der Waals surface area contributed by atoms with Gasteiger partial charge < -0.3 is 10.1 Å². The van der Waals surface area contributed by atoms with E-state index in [0.717, 1.165) is 0 Å². The van der Waals surface area contributed by atoms with Gasteiger partial charge in [-0.1, -0.05) is 0 Å². The summed E-state index contributed by atoms with van der Waals surface area (Å²) in [5.74, 6) is -0.0368. The van der Waals surface area contributed by atoms with Gasteiger partial charge in [0.25, 0.3) is 5.91 Å². The van der Waals surface area contributed by atoms with E-state index in [4.69, 9.17) is 4.74 Å². The molecule has 0 aliphatic rings. The number of nitrogens with one attached hydrogen (secondary N) is 2. The van der Waals surface area contributed by atoms with Gasteiger partial charge in [-0.25, -0.2) is 4.79 Å². The molecule has 0 aliphatic heterocycles. The van der Waals surface area contributed by atoms with E-state index in [9.17, 15) is 9.59 Å². The molecule has 1 heterocycles. The van der Waals surface area contributed by atoms with Crippen LogP contribution in [0.1, 0.15) is 6.92 Å². The normalized spacial score (nSPS) is 11.4. The van der Waals surface area contributed by atoms with Crippen molar-refractivity contribution < 1.29 is 14.3 Å². The minimum atomic E-state index is -0.763. The van der Waals surface area contributed by atoms with Crippen molar-refractivity contribution in [2.24, 2.45) is 0 Å². The zero-order chi connectivity index (χ0) is 12.0. The lowest BCUT2D eigenvalue weighted by Crippen LogP contribution is -2.43. The summed E-state index contributed by atoms with van der Waals surface area (Å²) in [6.45, 7) is 1.55. The number of amides is 3. The van der Waals surface area contributed by atoms with Crippen molar-refractivity contribution in [1.82, 2.24) is 15.6 Å². The summed E-state index contributed by atoms with van der Waals surface area (Å²) < 4.78 is 5.27. The molecule has 0 aromatic carbocycles. The Balaban J connectivity index is 2.49. The molecule has 6 heteroatoms. The summed E-state index contributed by atoms with van der Waals surface area (Å²) in [5.41, 5.74) is 0. The van der Waals surface area contributed by atoms with Crippen LogP contribution < -0.4 is 15.4 Å². The fraction of sp³-hybridized carbons (Fsp3) is 0.300. The summed E-state index contributed by atoms with van der Waals surface area (Å²) in [6.07, 6.45) is 2.33. The van der Waals surface area contributed by atoms with E-state index < -0.39 is 18.0 Å². The van der Waals surface area contributed by atoms with Crippen LogP contribution in [-0.2, 0) is 4.79 Å². The van der Waals surface area contributed by atoms with Gasteiger partial charge in [0, 0.05) is 13.2 Å². The van der Waals surface area contributed by atoms with Gasteiger partial charge in [-0.05, 0) is 19.1 Å². The highest BCUT2D eigenvalue weighted by Gasteiger charge is 2.16. The Morgan fingerprint density at radius 1 is 1.50 bits per heavy atom. The zero-order valence-electron chi connectivity index (χ0n) is 9.06. The number of hydrogen-bond donors (Lipinski definition) is 2. The van der Waals surface area contributed by atoms with E-state index in [0.29, 0.717) is 5.75 Å². The van der Waals surface area contributed by atoms with Gasteiger partial charge in [-0.3, -0.25) is 15.1 Å². The lowest BCUT2D eigenvalue weighted by Gasteiger charge is -2.13. The molecule has 1 rings (SSSR count). The van der Waals surface area contributed by atoms with Crippen molar-refractivity contribution in [2.75, 3.05) is 7.05 Å². The molecule has 0 radical (unpaired) electrons. The number of nitrogens with zero attached hydrogens (tertiary/aromatic N) is 1. The maximum absolute atomic E-state index is 11.4. The third-order valence-electron chi connectivity index (χ3n) is 1.78. The average molecular weight is 223 g/mol. The Labute approximate surface area is 93.0 Å². The Kier molecular flexibility index (Phi) is 4.26. The Bertz CT molecular complexity index is 367. The average Bonchev–Trinajstić information content (AvgIpc) is 2.30. The summed E-state index contributed by atoms with van der Waals surface area (Å²) in [5, 5.41) is 4.39. The van der Waals surface area contributed by atoms with Crippen molar-refractivity contribution in [3.05, 3.63) is 24.5 Å². The highest BCUT2D eigenvalue weighted by atomic mass is 16.5. The monoisotopic (exact) mass is 223 g/mol. The summed E-state index contributed by atoms with van der Waals surface area (Å²) in [7, 11) is 1.43. The molecule has 3 amide bonds. The maximum atomic E-state index is 11.4. The summed E-state index contributed by atoms with van der Waals surface area (Å²) in [6, 6.07) is 2.81. The van der Waals surface area contributed by atoms with Gasteiger partial charge in [0.05, 0.1) is 6.20 Å². The Morgan fingerprint density at radius 2 is 2.25 bits per heavy atom. The fourth-order valence-electron chi connectivity index (χ4n) is 0.950. The number of ether oxygens (including phenoxy) is 1. The van der Waals surface area contributed by atoms with Crippen molar-refractivity contribution in [2.45, 2.75) is 13.0 Å². The number of carbonyl (C=O) groups excluding carboxylic acids is 2. The van der Waals surface area contributed by atoms with Crippen LogP contribution in [-0.4, -0.2) is 30.1 Å². The van der Waals surface area contributed by atoms with Crippen LogP contribution >= 0.6 is 0 Å². The van der Waals surface area contributed by atoms with Gasteiger partial charge in [0.1, 0.15) is 5.75 Å². The molecule has 0 bridgehead atoms. The van der Waals surface area contributed by atoms with Crippen LogP contribution in [0.25, 0.3) is 0 Å². The molecule has 1 aromatic heterocycles. The van der Waals surface area contributed by atoms with Crippen LogP contribution in [0.2, 0.25) is 0 Å². The van der Waals surface area contributed by atoms with Crippen molar-refractivity contribution in [3.8, 4) is 5.75 Å². The quantitative estimate of drug-likeness (QED) is 0.772. The molecule has 1 atom stereocenters. The first kappa shape index (κ1) is 12.0. The molecule has 0 spiro atoms. The molecule has 2 N–H and O–H groups in total. The van der Waals surface area contributed by atoms with Crippen molar-refractivity contribution in [3.63, 3.8) is 0 Å². The van der Waals surface area contributed by atoms with E-state index >= 15 is 0 Å². The van der Waals surface area contributed by atoms with Crippen LogP contribution in [0.5, 0.6) is 5.75 Å². The highest BCUT2D eigenvalue weighted by molar-refractivity contribution is 5.96. The van der Waals surface area contributed by atoms with Gasteiger partial charge in [0.15, 0.2) is 6.10 Å². The van der Waals surface area contributed by atoms with Crippen LogP contribution in [0.15, 0.2) is 24.5 Å². The second-order valence-corrected chi connectivity index (χ2v) is 3.02. The molecule has 1 aromatic rings. The number of urea groups is 1. The van der Waals surface area contributed by atoms with E-state index in [-0.39, 0.29) is 0 Å². The lowest BCUT2D eigenvalue weighted by atomic mass is 10.3. The van der Waals surface area contributed by atoms with Crippen LogP contribution in [0.3, 0.4) is 0 Å². The molecule has 0 saturated carbocycles. The van der Waals surface area contributed by atoms with E-state index in [1.165, 1.54) is 13.2 Å². The first-order valence-corrected chi connectivity index (χ1v) is 4.72. The largest absolute Gasteiger partial charge is 0.479 e. The number of rotatable bonds is 3. The zero-order valence-corrected chi connectivity index (χ0v) is 9.06. The molecular weight excluding hydrogens is 210 g/mol. The summed E-state index contributed by atoms with van der Waals surface area (Å²) in [4.78, 5) is 26.1. The third-order valence-corrected chi connectivity index (χ3v) is 1.78. The van der Waals surface area contributed by atoms with E-state index in [1.807, 2.05) is 0 Å². The van der Waals surface area contributed by atoms with Gasteiger partial charge >= 0.3 is 6.03 Å². The maximum Gasteiger partial charge on any atom is 0.321 e. The number of imide groups is 1. The minimum absolute atomic E-state index is 0.474. The second kappa shape index (κ2) is 5.69. The first-order valence-electron chi connectivity index (χ1n) is 4.72. The second-order valence-electron chi connectivity index (χ2n) is 3.02. The van der Waals surface area contributed by atoms with Crippen LogP contribution in [0.4, 0.5) is 4.79 Å². The summed E-state index contributed by atoms with van der Waals surface area (Å²) >= 11 is 0. The predicted molar refractivity (Wildman–Crippen MR) is 56.9 cm³/mol. The van der Waals surface area contributed by atoms with Gasteiger partial charge in [-0.15, -0.1) is 0 Å². The first-order chi connectivity index (χ1) is 7.63. The Hall–Kier alpha value is -2.11. The predicted octanol–water partition coefficient (Wildman–Crippen LogP) is 0.304. The molecule has 0 fully saturated rings. The molecule has 6 nitrogen and oxygen atoms in total. The molecule has 0 saturated heterocycles. The standard InChI is InChI=1S/C10H13N3O3/c1-7(9(14)13-10(15)11-2)16-8-4-3-5-12-6-8/h3-7H,1-2H3,(H2,11,13,14,15). The number of carbonyl (C=O) groups is 2. The van der Waals surface area contributed by atoms with Crippen molar-refractivity contribution in [1.29, 1.82) is 0 Å². The van der Waals surface area contributed by atoms with Crippen LogP contribution in [0, 0.1) is 0 Å². The lowest BCUT2D eigenvalue weighted by molar-refractivity contribution is -0.126. The number of hydrogen-bond acceptors (Lipinski definition) is 4. The SMILES string of the molecule is CNC(=O)NC(=O)C(C)Oc1cccnc1. The molecule has 16 heavy (non-hydrogen) atoms. The number of aromatic nitrogens is 1. The van der Waals surface area contributed by atoms with Crippen molar-refractivity contribution >= 4 is 11.9 Å². The molecule has 0 aliphatic carbocycles. The van der Waals surface area contributed by atoms with E-state index in [1.54, 1.807) is 25.3 Å². The van der Waals surface area contributed by atoms with Gasteiger partial charge in [-0.2, -0.15) is 0 Å². The molecular formula is C10H13N3O3. The third kappa shape index (κ3) is 3.56. The van der Waals surface area contributed by atoms with E-state index in [2.05, 4.69) is 15.6 Å². The topological polar surface area (TPSA) is 80.3 Å². The Morgan fingerprint density at radius 3 is 2.81 bits per heavy atom. The smallest absolute Gasteiger partial charge is 0.321 e.